The quantitative estimate of drug-likeness (QED) is 0.650. The van der Waals surface area contributed by atoms with Gasteiger partial charge in [0.05, 0.1) is 11.9 Å². The molecule has 0 aromatic carbocycles. The third kappa shape index (κ3) is 1.77. The number of hydrogen-bond acceptors (Lipinski definition) is 3. The molecule has 1 fully saturated rings. The Balaban J connectivity index is 1.80. The molecule has 1 aromatic heterocycles. The number of carbonyl (C=O) groups excluding carboxylic acids is 1. The monoisotopic (exact) mass is 194 g/mol. The van der Waals surface area contributed by atoms with Crippen LogP contribution in [0.25, 0.3) is 0 Å². The zero-order chi connectivity index (χ0) is 9.97. The summed E-state index contributed by atoms with van der Waals surface area (Å²) < 4.78 is 0. The summed E-state index contributed by atoms with van der Waals surface area (Å²) >= 11 is 0. The SMILES string of the molecule is CNC1CC(C(=O)Nc2cn[nH]c2)C1. The molecular formula is C9H14N4O. The maximum Gasteiger partial charge on any atom is 0.227 e. The molecule has 1 heterocycles. The maximum absolute atomic E-state index is 11.6. The van der Waals surface area contributed by atoms with E-state index in [4.69, 9.17) is 0 Å². The fraction of sp³-hybridized carbons (Fsp3) is 0.556. The summed E-state index contributed by atoms with van der Waals surface area (Å²) in [5, 5.41) is 12.4. The van der Waals surface area contributed by atoms with Gasteiger partial charge in [0, 0.05) is 18.2 Å². The highest BCUT2D eigenvalue weighted by molar-refractivity contribution is 5.92. The van der Waals surface area contributed by atoms with Crippen LogP contribution in [0.2, 0.25) is 0 Å². The lowest BCUT2D eigenvalue weighted by Gasteiger charge is -2.33. The number of carbonyl (C=O) groups is 1. The van der Waals surface area contributed by atoms with Crippen LogP contribution in [0.4, 0.5) is 5.69 Å². The molecule has 1 amide bonds. The van der Waals surface area contributed by atoms with Crippen molar-refractivity contribution in [2.24, 2.45) is 5.92 Å². The second kappa shape index (κ2) is 3.79. The Morgan fingerprint density at radius 2 is 2.43 bits per heavy atom. The zero-order valence-corrected chi connectivity index (χ0v) is 8.08. The standard InChI is InChI=1S/C9H14N4O/c1-10-7-2-6(3-7)9(14)13-8-4-11-12-5-8/h4-7,10H,2-3H2,1H3,(H,11,12)(H,13,14). The minimum atomic E-state index is 0.0953. The van der Waals surface area contributed by atoms with Crippen LogP contribution in [0.1, 0.15) is 12.8 Å². The van der Waals surface area contributed by atoms with Gasteiger partial charge in [-0.05, 0) is 19.9 Å². The van der Waals surface area contributed by atoms with E-state index in [1.165, 1.54) is 0 Å². The number of aromatic amines is 1. The molecule has 1 saturated carbocycles. The summed E-state index contributed by atoms with van der Waals surface area (Å²) in [6.45, 7) is 0. The van der Waals surface area contributed by atoms with Crippen molar-refractivity contribution in [1.82, 2.24) is 15.5 Å². The van der Waals surface area contributed by atoms with E-state index >= 15 is 0 Å². The smallest absolute Gasteiger partial charge is 0.227 e. The predicted octanol–water partition coefficient (Wildman–Crippen LogP) is 0.346. The summed E-state index contributed by atoms with van der Waals surface area (Å²) in [4.78, 5) is 11.6. The van der Waals surface area contributed by atoms with Crippen LogP contribution >= 0.6 is 0 Å². The minimum Gasteiger partial charge on any atom is -0.323 e. The summed E-state index contributed by atoms with van der Waals surface area (Å²) in [5.41, 5.74) is 0.739. The molecule has 2 rings (SSSR count). The van der Waals surface area contributed by atoms with Crippen molar-refractivity contribution in [3.05, 3.63) is 12.4 Å². The highest BCUT2D eigenvalue weighted by Crippen LogP contribution is 2.28. The first-order valence-corrected chi connectivity index (χ1v) is 4.76. The van der Waals surface area contributed by atoms with Crippen LogP contribution in [0.5, 0.6) is 0 Å². The van der Waals surface area contributed by atoms with Crippen molar-refractivity contribution in [3.63, 3.8) is 0 Å². The summed E-state index contributed by atoms with van der Waals surface area (Å²) in [5.74, 6) is 0.250. The van der Waals surface area contributed by atoms with Gasteiger partial charge in [0.1, 0.15) is 0 Å². The first-order chi connectivity index (χ1) is 6.79. The van der Waals surface area contributed by atoms with E-state index in [0.717, 1.165) is 18.5 Å². The average molecular weight is 194 g/mol. The Kier molecular flexibility index (Phi) is 2.49. The van der Waals surface area contributed by atoms with Gasteiger partial charge in [-0.1, -0.05) is 0 Å². The number of hydrogen-bond donors (Lipinski definition) is 3. The third-order valence-corrected chi connectivity index (χ3v) is 2.68. The molecule has 1 aromatic rings. The van der Waals surface area contributed by atoms with Gasteiger partial charge >= 0.3 is 0 Å². The van der Waals surface area contributed by atoms with Gasteiger partial charge in [0.25, 0.3) is 0 Å². The van der Waals surface area contributed by atoms with Crippen LogP contribution < -0.4 is 10.6 Å². The predicted molar refractivity (Wildman–Crippen MR) is 52.8 cm³/mol. The van der Waals surface area contributed by atoms with Crippen LogP contribution in [-0.2, 0) is 4.79 Å². The Hall–Kier alpha value is -1.36. The van der Waals surface area contributed by atoms with E-state index < -0.39 is 0 Å². The Morgan fingerprint density at radius 1 is 1.64 bits per heavy atom. The molecule has 1 aliphatic carbocycles. The number of aromatic nitrogens is 2. The maximum atomic E-state index is 11.6. The van der Waals surface area contributed by atoms with Crippen LogP contribution in [0.15, 0.2) is 12.4 Å². The van der Waals surface area contributed by atoms with E-state index in [2.05, 4.69) is 20.8 Å². The van der Waals surface area contributed by atoms with Gasteiger partial charge in [0.2, 0.25) is 5.91 Å². The van der Waals surface area contributed by atoms with Gasteiger partial charge in [-0.25, -0.2) is 0 Å². The van der Waals surface area contributed by atoms with E-state index in [1.807, 2.05) is 7.05 Å². The zero-order valence-electron chi connectivity index (χ0n) is 8.08. The fourth-order valence-corrected chi connectivity index (χ4v) is 1.63. The second-order valence-electron chi connectivity index (χ2n) is 3.63. The highest BCUT2D eigenvalue weighted by Gasteiger charge is 2.33. The normalized spacial score (nSPS) is 25.5. The highest BCUT2D eigenvalue weighted by atomic mass is 16.1. The first kappa shape index (κ1) is 9.21. The molecule has 0 atom stereocenters. The number of rotatable bonds is 3. The van der Waals surface area contributed by atoms with Gasteiger partial charge in [-0.15, -0.1) is 0 Å². The lowest BCUT2D eigenvalue weighted by Crippen LogP contribution is -2.44. The van der Waals surface area contributed by atoms with Gasteiger partial charge in [-0.3, -0.25) is 9.89 Å². The van der Waals surface area contributed by atoms with E-state index in [0.29, 0.717) is 6.04 Å². The molecule has 3 N–H and O–H groups in total. The summed E-state index contributed by atoms with van der Waals surface area (Å²) in [7, 11) is 1.93. The lowest BCUT2D eigenvalue weighted by atomic mass is 9.80. The van der Waals surface area contributed by atoms with Crippen LogP contribution in [0, 0.1) is 5.92 Å². The van der Waals surface area contributed by atoms with Crippen molar-refractivity contribution in [3.8, 4) is 0 Å². The minimum absolute atomic E-state index is 0.0953. The molecule has 76 valence electrons. The Morgan fingerprint density at radius 3 is 3.00 bits per heavy atom. The molecule has 1 aliphatic rings. The molecule has 5 heteroatoms. The van der Waals surface area contributed by atoms with E-state index in [1.54, 1.807) is 12.4 Å². The van der Waals surface area contributed by atoms with Gasteiger partial charge < -0.3 is 10.6 Å². The Labute approximate surface area is 82.3 Å². The number of anilines is 1. The van der Waals surface area contributed by atoms with Crippen LogP contribution in [0.3, 0.4) is 0 Å². The van der Waals surface area contributed by atoms with E-state index in [-0.39, 0.29) is 11.8 Å². The summed E-state index contributed by atoms with van der Waals surface area (Å²) in [6.07, 6.45) is 5.14. The lowest BCUT2D eigenvalue weighted by molar-refractivity contribution is -0.122. The van der Waals surface area contributed by atoms with Crippen molar-refractivity contribution < 1.29 is 4.79 Å². The molecular weight excluding hydrogens is 180 g/mol. The fourth-order valence-electron chi connectivity index (χ4n) is 1.63. The average Bonchev–Trinajstić information content (AvgIpc) is 2.54. The van der Waals surface area contributed by atoms with Crippen LogP contribution in [-0.4, -0.2) is 29.2 Å². The molecule has 0 radical (unpaired) electrons. The van der Waals surface area contributed by atoms with Crippen molar-refractivity contribution >= 4 is 11.6 Å². The van der Waals surface area contributed by atoms with Crippen molar-refractivity contribution in [2.75, 3.05) is 12.4 Å². The first-order valence-electron chi connectivity index (χ1n) is 4.76. The third-order valence-electron chi connectivity index (χ3n) is 2.68. The molecule has 0 unspecified atom stereocenters. The number of nitrogens with one attached hydrogen (secondary N) is 3. The largest absolute Gasteiger partial charge is 0.323 e. The van der Waals surface area contributed by atoms with Crippen molar-refractivity contribution in [2.45, 2.75) is 18.9 Å². The molecule has 14 heavy (non-hydrogen) atoms. The topological polar surface area (TPSA) is 69.8 Å². The number of nitrogens with zero attached hydrogens (tertiary/aromatic N) is 1. The van der Waals surface area contributed by atoms with E-state index in [9.17, 15) is 4.79 Å². The molecule has 0 saturated heterocycles. The summed E-state index contributed by atoms with van der Waals surface area (Å²) in [6, 6.07) is 0.509. The molecule has 5 nitrogen and oxygen atoms in total. The van der Waals surface area contributed by atoms with Crippen molar-refractivity contribution in [1.29, 1.82) is 0 Å². The number of amides is 1. The molecule has 0 spiro atoms. The second-order valence-corrected chi connectivity index (χ2v) is 3.63. The van der Waals surface area contributed by atoms with Gasteiger partial charge in [-0.2, -0.15) is 5.10 Å². The van der Waals surface area contributed by atoms with Gasteiger partial charge in [0.15, 0.2) is 0 Å². The molecule has 0 bridgehead atoms. The number of H-pyrrole nitrogens is 1. The molecule has 0 aliphatic heterocycles. The Bertz CT molecular complexity index is 303.